The van der Waals surface area contributed by atoms with Crippen LogP contribution < -0.4 is 10.1 Å². The van der Waals surface area contributed by atoms with Gasteiger partial charge in [-0.1, -0.05) is 56.1 Å². The second kappa shape index (κ2) is 7.45. The lowest BCUT2D eigenvalue weighted by Gasteiger charge is -2.20. The number of hydrogen-bond donors (Lipinski definition) is 1. The van der Waals surface area contributed by atoms with Crippen molar-refractivity contribution in [2.24, 2.45) is 0 Å². The molecular formula is C19H21Cl2NO2. The summed E-state index contributed by atoms with van der Waals surface area (Å²) in [7, 11) is 0. The molecule has 0 unspecified atom stereocenters. The van der Waals surface area contributed by atoms with Crippen LogP contribution in [0.25, 0.3) is 0 Å². The van der Waals surface area contributed by atoms with Crippen molar-refractivity contribution in [2.45, 2.75) is 33.1 Å². The number of carbonyl (C=O) groups is 1. The van der Waals surface area contributed by atoms with Crippen LogP contribution in [0.2, 0.25) is 10.0 Å². The van der Waals surface area contributed by atoms with Crippen molar-refractivity contribution >= 4 is 34.8 Å². The van der Waals surface area contributed by atoms with Gasteiger partial charge in [-0.2, -0.15) is 0 Å². The fourth-order valence-electron chi connectivity index (χ4n) is 2.20. The molecule has 0 spiro atoms. The van der Waals surface area contributed by atoms with Gasteiger partial charge in [-0.3, -0.25) is 4.79 Å². The normalized spacial score (nSPS) is 11.2. The fraction of sp³-hybridized carbons (Fsp3) is 0.316. The summed E-state index contributed by atoms with van der Waals surface area (Å²) < 4.78 is 5.62. The topological polar surface area (TPSA) is 38.3 Å². The number of carbonyl (C=O) groups excluding carboxylic acids is 1. The molecule has 0 bridgehead atoms. The van der Waals surface area contributed by atoms with Crippen LogP contribution in [0, 0.1) is 6.92 Å². The summed E-state index contributed by atoms with van der Waals surface area (Å²) in [5, 5.41) is 3.62. The van der Waals surface area contributed by atoms with Gasteiger partial charge in [0.15, 0.2) is 6.61 Å². The van der Waals surface area contributed by atoms with E-state index in [4.69, 9.17) is 27.9 Å². The van der Waals surface area contributed by atoms with Gasteiger partial charge >= 0.3 is 0 Å². The number of halogens is 2. The zero-order valence-electron chi connectivity index (χ0n) is 14.2. The van der Waals surface area contributed by atoms with Crippen LogP contribution in [0.5, 0.6) is 5.75 Å². The van der Waals surface area contributed by atoms with Crippen molar-refractivity contribution in [1.82, 2.24) is 0 Å². The Labute approximate surface area is 152 Å². The highest BCUT2D eigenvalue weighted by Crippen LogP contribution is 2.28. The maximum Gasteiger partial charge on any atom is 0.262 e. The third kappa shape index (κ3) is 4.89. The van der Waals surface area contributed by atoms with Crippen LogP contribution in [-0.4, -0.2) is 12.5 Å². The summed E-state index contributed by atoms with van der Waals surface area (Å²) in [6.07, 6.45) is 0. The molecule has 0 fully saturated rings. The summed E-state index contributed by atoms with van der Waals surface area (Å²) in [4.78, 5) is 12.0. The summed E-state index contributed by atoms with van der Waals surface area (Å²) in [6, 6.07) is 10.9. The largest absolute Gasteiger partial charge is 0.483 e. The predicted octanol–water partition coefficient (Wildman–Crippen LogP) is 5.62. The Hall–Kier alpha value is -1.71. The molecule has 0 aromatic heterocycles. The number of anilines is 1. The lowest BCUT2D eigenvalue weighted by molar-refractivity contribution is -0.118. The van der Waals surface area contributed by atoms with Crippen molar-refractivity contribution in [3.8, 4) is 5.75 Å². The lowest BCUT2D eigenvalue weighted by Crippen LogP contribution is -2.20. The van der Waals surface area contributed by atoms with Gasteiger partial charge in [0.25, 0.3) is 5.91 Å². The first-order valence-corrected chi connectivity index (χ1v) is 8.41. The van der Waals surface area contributed by atoms with E-state index in [1.54, 1.807) is 18.2 Å². The third-order valence-corrected chi connectivity index (χ3v) is 4.15. The van der Waals surface area contributed by atoms with Gasteiger partial charge in [0.2, 0.25) is 0 Å². The number of nitrogens with one attached hydrogen (secondary N) is 1. The number of ether oxygens (including phenoxy) is 1. The van der Waals surface area contributed by atoms with Crippen molar-refractivity contribution in [3.63, 3.8) is 0 Å². The monoisotopic (exact) mass is 365 g/mol. The number of rotatable bonds is 4. The summed E-state index contributed by atoms with van der Waals surface area (Å²) in [5.74, 6) is 0.416. The Morgan fingerprint density at radius 2 is 1.83 bits per heavy atom. The van der Waals surface area contributed by atoms with Crippen molar-refractivity contribution in [2.75, 3.05) is 11.9 Å². The Kier molecular flexibility index (Phi) is 5.79. The highest BCUT2D eigenvalue weighted by Gasteiger charge is 2.15. The third-order valence-electron chi connectivity index (χ3n) is 3.60. The maximum atomic E-state index is 12.0. The Morgan fingerprint density at radius 1 is 1.12 bits per heavy atom. The predicted molar refractivity (Wildman–Crippen MR) is 100 cm³/mol. The molecule has 0 saturated carbocycles. The minimum absolute atomic E-state index is 0.0754. The standard InChI is InChI=1S/C19H21Cl2NO2/c1-12-9-13(19(2,3)4)5-8-17(12)24-11-18(23)22-16-7-6-14(20)10-15(16)21/h5-10H,11H2,1-4H3,(H,22,23). The van der Waals surface area contributed by atoms with Crippen LogP contribution in [0.1, 0.15) is 31.9 Å². The minimum atomic E-state index is -0.279. The molecule has 0 saturated heterocycles. The van der Waals surface area contributed by atoms with E-state index in [1.165, 1.54) is 5.56 Å². The number of benzene rings is 2. The molecule has 2 aromatic rings. The molecule has 1 amide bonds. The zero-order valence-corrected chi connectivity index (χ0v) is 15.8. The molecule has 128 valence electrons. The van der Waals surface area contributed by atoms with E-state index in [2.05, 4.69) is 32.2 Å². The Bertz CT molecular complexity index is 752. The number of amides is 1. The highest BCUT2D eigenvalue weighted by molar-refractivity contribution is 6.36. The smallest absolute Gasteiger partial charge is 0.262 e. The van der Waals surface area contributed by atoms with Gasteiger partial charge in [-0.05, 0) is 47.7 Å². The van der Waals surface area contributed by atoms with Crippen LogP contribution in [0.3, 0.4) is 0 Å². The number of hydrogen-bond acceptors (Lipinski definition) is 2. The van der Waals surface area contributed by atoms with E-state index in [-0.39, 0.29) is 17.9 Å². The molecule has 0 radical (unpaired) electrons. The van der Waals surface area contributed by atoms with E-state index < -0.39 is 0 Å². The molecule has 0 aliphatic carbocycles. The average molecular weight is 366 g/mol. The fourth-order valence-corrected chi connectivity index (χ4v) is 2.65. The number of aryl methyl sites for hydroxylation is 1. The van der Waals surface area contributed by atoms with Gasteiger partial charge in [-0.15, -0.1) is 0 Å². The van der Waals surface area contributed by atoms with Crippen LogP contribution in [-0.2, 0) is 10.2 Å². The average Bonchev–Trinajstić information content (AvgIpc) is 2.48. The molecule has 2 rings (SSSR count). The van der Waals surface area contributed by atoms with E-state index in [0.29, 0.717) is 21.5 Å². The van der Waals surface area contributed by atoms with Crippen molar-refractivity contribution in [3.05, 3.63) is 57.6 Å². The second-order valence-corrected chi connectivity index (χ2v) is 7.53. The van der Waals surface area contributed by atoms with Crippen LogP contribution in [0.15, 0.2) is 36.4 Å². The van der Waals surface area contributed by atoms with E-state index in [1.807, 2.05) is 19.1 Å². The Balaban J connectivity index is 1.99. The summed E-state index contributed by atoms with van der Waals surface area (Å²) >= 11 is 11.9. The lowest BCUT2D eigenvalue weighted by atomic mass is 9.86. The molecule has 0 aliphatic rings. The van der Waals surface area contributed by atoms with Crippen LogP contribution in [0.4, 0.5) is 5.69 Å². The molecule has 0 atom stereocenters. The van der Waals surface area contributed by atoms with Gasteiger partial charge in [-0.25, -0.2) is 0 Å². The van der Waals surface area contributed by atoms with E-state index >= 15 is 0 Å². The highest BCUT2D eigenvalue weighted by atomic mass is 35.5. The van der Waals surface area contributed by atoms with Crippen molar-refractivity contribution in [1.29, 1.82) is 0 Å². The van der Waals surface area contributed by atoms with E-state index in [9.17, 15) is 4.79 Å². The molecule has 1 N–H and O–H groups in total. The molecule has 2 aromatic carbocycles. The quantitative estimate of drug-likeness (QED) is 0.763. The van der Waals surface area contributed by atoms with Crippen LogP contribution >= 0.6 is 23.2 Å². The second-order valence-electron chi connectivity index (χ2n) is 6.69. The van der Waals surface area contributed by atoms with Crippen molar-refractivity contribution < 1.29 is 9.53 Å². The van der Waals surface area contributed by atoms with Gasteiger partial charge in [0, 0.05) is 5.02 Å². The molecule has 5 heteroatoms. The first kappa shape index (κ1) is 18.6. The molecule has 24 heavy (non-hydrogen) atoms. The molecule has 3 nitrogen and oxygen atoms in total. The summed E-state index contributed by atoms with van der Waals surface area (Å²) in [6.45, 7) is 8.36. The minimum Gasteiger partial charge on any atom is -0.483 e. The molecule has 0 heterocycles. The Morgan fingerprint density at radius 3 is 2.42 bits per heavy atom. The van der Waals surface area contributed by atoms with Gasteiger partial charge in [0.1, 0.15) is 5.75 Å². The summed E-state index contributed by atoms with van der Waals surface area (Å²) in [5.41, 5.74) is 2.81. The van der Waals surface area contributed by atoms with Gasteiger partial charge in [0.05, 0.1) is 10.7 Å². The molecule has 0 aliphatic heterocycles. The molecular weight excluding hydrogens is 345 g/mol. The van der Waals surface area contributed by atoms with Gasteiger partial charge < -0.3 is 10.1 Å². The maximum absolute atomic E-state index is 12.0. The SMILES string of the molecule is Cc1cc(C(C)(C)C)ccc1OCC(=O)Nc1ccc(Cl)cc1Cl. The first-order valence-electron chi connectivity index (χ1n) is 7.65. The van der Waals surface area contributed by atoms with E-state index in [0.717, 1.165) is 5.56 Å². The first-order chi connectivity index (χ1) is 11.2. The zero-order chi connectivity index (χ0) is 17.9.